The van der Waals surface area contributed by atoms with Crippen LogP contribution < -0.4 is 11.3 Å². The van der Waals surface area contributed by atoms with Gasteiger partial charge in [0.1, 0.15) is 0 Å². The summed E-state index contributed by atoms with van der Waals surface area (Å²) in [6, 6.07) is 12.6. The van der Waals surface area contributed by atoms with Gasteiger partial charge in [-0.25, -0.2) is 0 Å². The van der Waals surface area contributed by atoms with Crippen LogP contribution in [0.4, 0.5) is 0 Å². The molecule has 0 aliphatic heterocycles. The smallest absolute Gasteiger partial charge is 0.0420 e. The first-order chi connectivity index (χ1) is 9.69. The van der Waals surface area contributed by atoms with Gasteiger partial charge in [-0.05, 0) is 46.6 Å². The number of nitrogens with two attached hydrogens (primary N) is 1. The number of nitrogens with zero attached hydrogens (tertiary/aromatic N) is 1. The van der Waals surface area contributed by atoms with Gasteiger partial charge in [0.15, 0.2) is 0 Å². The zero-order valence-electron chi connectivity index (χ0n) is 11.3. The van der Waals surface area contributed by atoms with Crippen LogP contribution in [-0.2, 0) is 6.42 Å². The minimum absolute atomic E-state index is 0.202. The van der Waals surface area contributed by atoms with Crippen LogP contribution in [0.25, 0.3) is 0 Å². The molecule has 0 amide bonds. The largest absolute Gasteiger partial charge is 0.271 e. The van der Waals surface area contributed by atoms with Gasteiger partial charge in [-0.3, -0.25) is 16.3 Å². The van der Waals surface area contributed by atoms with Gasteiger partial charge in [0.25, 0.3) is 0 Å². The minimum Gasteiger partial charge on any atom is -0.271 e. The van der Waals surface area contributed by atoms with Crippen molar-refractivity contribution in [2.45, 2.75) is 24.3 Å². The summed E-state index contributed by atoms with van der Waals surface area (Å²) in [7, 11) is 0. The number of benzene rings is 1. The number of aryl methyl sites for hydroxylation is 1. The summed E-state index contributed by atoms with van der Waals surface area (Å²) < 4.78 is 0.993. The van der Waals surface area contributed by atoms with E-state index in [4.69, 9.17) is 5.84 Å². The third-order valence-corrected chi connectivity index (χ3v) is 4.82. The van der Waals surface area contributed by atoms with Crippen LogP contribution >= 0.6 is 27.7 Å². The van der Waals surface area contributed by atoms with E-state index in [9.17, 15) is 0 Å². The number of thioether (sulfide) groups is 1. The highest BCUT2D eigenvalue weighted by Gasteiger charge is 2.10. The fourth-order valence-corrected chi connectivity index (χ4v) is 3.15. The highest BCUT2D eigenvalue weighted by atomic mass is 79.9. The SMILES string of the molecule is Cc1ccccc1SCC(Cc1ccc(Br)cn1)NN. The van der Waals surface area contributed by atoms with Crippen molar-refractivity contribution >= 4 is 27.7 Å². The van der Waals surface area contributed by atoms with Gasteiger partial charge in [-0.15, -0.1) is 11.8 Å². The normalized spacial score (nSPS) is 12.3. The Morgan fingerprint density at radius 2 is 2.10 bits per heavy atom. The third kappa shape index (κ3) is 4.59. The van der Waals surface area contributed by atoms with E-state index in [-0.39, 0.29) is 6.04 Å². The molecule has 2 aromatic rings. The Morgan fingerprint density at radius 3 is 2.75 bits per heavy atom. The first kappa shape index (κ1) is 15.5. The molecule has 3 N–H and O–H groups in total. The molecular weight excluding hydrogens is 334 g/mol. The maximum atomic E-state index is 5.65. The van der Waals surface area contributed by atoms with Crippen molar-refractivity contribution in [2.75, 3.05) is 5.75 Å². The van der Waals surface area contributed by atoms with Crippen LogP contribution in [0, 0.1) is 6.92 Å². The lowest BCUT2D eigenvalue weighted by Crippen LogP contribution is -2.38. The summed E-state index contributed by atoms with van der Waals surface area (Å²) in [5.41, 5.74) is 5.23. The zero-order chi connectivity index (χ0) is 14.4. The maximum absolute atomic E-state index is 5.65. The average molecular weight is 352 g/mol. The monoisotopic (exact) mass is 351 g/mol. The standard InChI is InChI=1S/C15H18BrN3S/c1-11-4-2-3-5-15(11)20-10-14(19-17)8-13-7-6-12(16)9-18-13/h2-7,9,14,19H,8,10,17H2,1H3. The Balaban J connectivity index is 1.92. The van der Waals surface area contributed by atoms with E-state index >= 15 is 0 Å². The van der Waals surface area contributed by atoms with Crippen LogP contribution in [-0.4, -0.2) is 16.8 Å². The predicted octanol–water partition coefficient (Wildman–Crippen LogP) is 3.32. The molecule has 0 spiro atoms. The second-order valence-corrected chi connectivity index (χ2v) is 6.59. The van der Waals surface area contributed by atoms with Crippen molar-refractivity contribution in [3.63, 3.8) is 0 Å². The summed E-state index contributed by atoms with van der Waals surface area (Å²) in [6.45, 7) is 2.13. The Hall–Kier alpha value is -0.880. The molecule has 3 nitrogen and oxygen atoms in total. The number of halogens is 1. The lowest BCUT2D eigenvalue weighted by atomic mass is 10.2. The third-order valence-electron chi connectivity index (χ3n) is 3.01. The van der Waals surface area contributed by atoms with Crippen molar-refractivity contribution in [3.8, 4) is 0 Å². The molecule has 106 valence electrons. The van der Waals surface area contributed by atoms with Crippen molar-refractivity contribution in [1.82, 2.24) is 10.4 Å². The number of hydrogen-bond donors (Lipinski definition) is 2. The Kier molecular flexibility index (Phi) is 6.04. The average Bonchev–Trinajstić information content (AvgIpc) is 2.47. The highest BCUT2D eigenvalue weighted by Crippen LogP contribution is 2.23. The fourth-order valence-electron chi connectivity index (χ4n) is 1.85. The minimum atomic E-state index is 0.202. The summed E-state index contributed by atoms with van der Waals surface area (Å²) >= 11 is 5.21. The van der Waals surface area contributed by atoms with Crippen molar-refractivity contribution in [3.05, 3.63) is 58.3 Å². The topological polar surface area (TPSA) is 50.9 Å². The number of pyridine rings is 1. The van der Waals surface area contributed by atoms with Gasteiger partial charge < -0.3 is 0 Å². The molecular formula is C15H18BrN3S. The van der Waals surface area contributed by atoms with E-state index in [0.717, 1.165) is 22.3 Å². The number of hydrogen-bond acceptors (Lipinski definition) is 4. The summed E-state index contributed by atoms with van der Waals surface area (Å²) in [4.78, 5) is 5.69. The summed E-state index contributed by atoms with van der Waals surface area (Å²) in [6.07, 6.45) is 2.64. The van der Waals surface area contributed by atoms with E-state index in [1.54, 1.807) is 0 Å². The van der Waals surface area contributed by atoms with Crippen LogP contribution in [0.1, 0.15) is 11.3 Å². The van der Waals surface area contributed by atoms with Gasteiger partial charge in [0.2, 0.25) is 0 Å². The van der Waals surface area contributed by atoms with E-state index in [1.807, 2.05) is 30.1 Å². The van der Waals surface area contributed by atoms with E-state index < -0.39 is 0 Å². The Bertz CT molecular complexity index is 545. The molecule has 2 rings (SSSR count). The predicted molar refractivity (Wildman–Crippen MR) is 88.7 cm³/mol. The molecule has 0 aliphatic carbocycles. The van der Waals surface area contributed by atoms with Gasteiger partial charge in [0.05, 0.1) is 0 Å². The van der Waals surface area contributed by atoms with E-state index in [0.29, 0.717) is 0 Å². The molecule has 0 aliphatic rings. The maximum Gasteiger partial charge on any atom is 0.0420 e. The number of hydrazine groups is 1. The van der Waals surface area contributed by atoms with E-state index in [2.05, 4.69) is 57.5 Å². The lowest BCUT2D eigenvalue weighted by Gasteiger charge is -2.15. The highest BCUT2D eigenvalue weighted by molar-refractivity contribution is 9.10. The zero-order valence-corrected chi connectivity index (χ0v) is 13.7. The van der Waals surface area contributed by atoms with Gasteiger partial charge in [-0.2, -0.15) is 0 Å². The fraction of sp³-hybridized carbons (Fsp3) is 0.267. The second kappa shape index (κ2) is 7.78. The quantitative estimate of drug-likeness (QED) is 0.476. The van der Waals surface area contributed by atoms with Crippen molar-refractivity contribution in [2.24, 2.45) is 5.84 Å². The van der Waals surface area contributed by atoms with Gasteiger partial charge in [0, 0.05) is 39.5 Å². The molecule has 1 aromatic heterocycles. The number of aromatic nitrogens is 1. The van der Waals surface area contributed by atoms with Crippen LogP contribution in [0.15, 0.2) is 52.0 Å². The molecule has 5 heteroatoms. The van der Waals surface area contributed by atoms with Crippen molar-refractivity contribution in [1.29, 1.82) is 0 Å². The van der Waals surface area contributed by atoms with Gasteiger partial charge >= 0.3 is 0 Å². The first-order valence-electron chi connectivity index (χ1n) is 6.44. The molecule has 0 fully saturated rings. The summed E-state index contributed by atoms with van der Waals surface area (Å²) in [5.74, 6) is 6.57. The van der Waals surface area contributed by atoms with Gasteiger partial charge in [-0.1, -0.05) is 18.2 Å². The van der Waals surface area contributed by atoms with Crippen LogP contribution in [0.2, 0.25) is 0 Å². The molecule has 1 heterocycles. The number of rotatable bonds is 6. The van der Waals surface area contributed by atoms with E-state index in [1.165, 1.54) is 10.5 Å². The van der Waals surface area contributed by atoms with Crippen molar-refractivity contribution < 1.29 is 0 Å². The molecule has 0 saturated heterocycles. The molecule has 0 radical (unpaired) electrons. The molecule has 1 atom stereocenters. The molecule has 0 saturated carbocycles. The Morgan fingerprint density at radius 1 is 1.30 bits per heavy atom. The molecule has 1 unspecified atom stereocenters. The molecule has 0 bridgehead atoms. The molecule has 20 heavy (non-hydrogen) atoms. The first-order valence-corrected chi connectivity index (χ1v) is 8.22. The second-order valence-electron chi connectivity index (χ2n) is 4.61. The Labute approximate surface area is 132 Å². The number of nitrogens with one attached hydrogen (secondary N) is 1. The molecule has 1 aromatic carbocycles. The summed E-state index contributed by atoms with van der Waals surface area (Å²) in [5, 5.41) is 0. The lowest BCUT2D eigenvalue weighted by molar-refractivity contribution is 0.569. The van der Waals surface area contributed by atoms with Crippen LogP contribution in [0.3, 0.4) is 0 Å². The van der Waals surface area contributed by atoms with Crippen LogP contribution in [0.5, 0.6) is 0 Å².